The van der Waals surface area contributed by atoms with E-state index in [-0.39, 0.29) is 0 Å². The van der Waals surface area contributed by atoms with Crippen LogP contribution < -0.4 is 5.32 Å². The van der Waals surface area contributed by atoms with Crippen LogP contribution in [0.15, 0.2) is 0 Å². The number of piperidine rings is 1. The van der Waals surface area contributed by atoms with Crippen molar-refractivity contribution in [2.75, 3.05) is 60.0 Å². The van der Waals surface area contributed by atoms with Gasteiger partial charge in [-0.3, -0.25) is 0 Å². The molecule has 1 heterocycles. The molecule has 0 unspecified atom stereocenters. The average molecular weight is 243 g/mol. The molecule has 0 aromatic carbocycles. The molecule has 17 heavy (non-hydrogen) atoms. The van der Waals surface area contributed by atoms with Crippen LogP contribution in [0.2, 0.25) is 0 Å². The lowest BCUT2D eigenvalue weighted by molar-refractivity contribution is 0.0829. The maximum atomic E-state index is 5.62. The van der Waals surface area contributed by atoms with E-state index in [0.29, 0.717) is 0 Å². The van der Waals surface area contributed by atoms with E-state index in [4.69, 9.17) is 4.74 Å². The molecular formula is C13H29N3O. The first kappa shape index (κ1) is 14.9. The number of nitrogens with one attached hydrogen (secondary N) is 1. The Hall–Kier alpha value is -0.160. The number of hydrogen-bond acceptors (Lipinski definition) is 4. The molecule has 0 bridgehead atoms. The molecule has 1 aliphatic heterocycles. The van der Waals surface area contributed by atoms with E-state index in [9.17, 15) is 0 Å². The molecule has 1 rings (SSSR count). The van der Waals surface area contributed by atoms with Gasteiger partial charge in [0.25, 0.3) is 0 Å². The summed E-state index contributed by atoms with van der Waals surface area (Å²) in [5.74, 6) is 0. The van der Waals surface area contributed by atoms with Crippen LogP contribution in [0.3, 0.4) is 0 Å². The molecule has 1 N–H and O–H groups in total. The highest BCUT2D eigenvalue weighted by molar-refractivity contribution is 4.76. The highest BCUT2D eigenvalue weighted by Gasteiger charge is 2.17. The van der Waals surface area contributed by atoms with Crippen molar-refractivity contribution in [2.45, 2.75) is 25.8 Å². The lowest BCUT2D eigenvalue weighted by Crippen LogP contribution is -2.43. The van der Waals surface area contributed by atoms with Crippen LogP contribution in [0.25, 0.3) is 0 Å². The van der Waals surface area contributed by atoms with Gasteiger partial charge in [-0.2, -0.15) is 0 Å². The number of ether oxygens (including phenoxy) is 1. The van der Waals surface area contributed by atoms with Crippen LogP contribution in [0, 0.1) is 0 Å². The van der Waals surface area contributed by atoms with Gasteiger partial charge in [0.05, 0.1) is 13.2 Å². The molecule has 0 aromatic heterocycles. The zero-order valence-corrected chi connectivity index (χ0v) is 11.7. The van der Waals surface area contributed by atoms with Crippen LogP contribution in [0.5, 0.6) is 0 Å². The zero-order valence-electron chi connectivity index (χ0n) is 11.7. The largest absolute Gasteiger partial charge is 0.379 e. The van der Waals surface area contributed by atoms with Gasteiger partial charge in [0, 0.05) is 19.1 Å². The molecule has 4 heteroatoms. The first-order valence-electron chi connectivity index (χ1n) is 6.90. The zero-order chi connectivity index (χ0) is 12.5. The maximum absolute atomic E-state index is 5.62. The maximum Gasteiger partial charge on any atom is 0.0594 e. The Morgan fingerprint density at radius 2 is 1.94 bits per heavy atom. The molecule has 0 spiro atoms. The number of likely N-dealkylation sites (tertiary alicyclic amines) is 1. The number of hydrogen-bond donors (Lipinski definition) is 1. The van der Waals surface area contributed by atoms with E-state index in [1.807, 2.05) is 0 Å². The van der Waals surface area contributed by atoms with Gasteiger partial charge in [0.1, 0.15) is 0 Å². The molecular weight excluding hydrogens is 214 g/mol. The van der Waals surface area contributed by atoms with Crippen LogP contribution in [0.4, 0.5) is 0 Å². The molecule has 4 nitrogen and oxygen atoms in total. The van der Waals surface area contributed by atoms with Gasteiger partial charge < -0.3 is 19.9 Å². The third-order valence-electron chi connectivity index (χ3n) is 3.32. The average Bonchev–Trinajstić information content (AvgIpc) is 2.31. The number of nitrogens with zero attached hydrogens (tertiary/aromatic N) is 2. The first-order valence-corrected chi connectivity index (χ1v) is 6.90. The van der Waals surface area contributed by atoms with Crippen molar-refractivity contribution in [2.24, 2.45) is 0 Å². The SMILES string of the molecule is CCNC1CCN(CCOCCN(C)C)CC1. The summed E-state index contributed by atoms with van der Waals surface area (Å²) in [6, 6.07) is 0.742. The summed E-state index contributed by atoms with van der Waals surface area (Å²) >= 11 is 0. The van der Waals surface area contributed by atoms with Crippen molar-refractivity contribution < 1.29 is 4.74 Å². The van der Waals surface area contributed by atoms with E-state index in [1.54, 1.807) is 0 Å². The predicted molar refractivity (Wildman–Crippen MR) is 72.5 cm³/mol. The standard InChI is InChI=1S/C13H29N3O/c1-4-14-13-5-7-16(8-6-13)10-12-17-11-9-15(2)3/h13-14H,4-12H2,1-3H3. The van der Waals surface area contributed by atoms with Crippen LogP contribution in [-0.4, -0.2) is 75.9 Å². The van der Waals surface area contributed by atoms with Gasteiger partial charge >= 0.3 is 0 Å². The van der Waals surface area contributed by atoms with E-state index in [0.717, 1.165) is 38.9 Å². The fourth-order valence-corrected chi connectivity index (χ4v) is 2.19. The van der Waals surface area contributed by atoms with E-state index >= 15 is 0 Å². The lowest BCUT2D eigenvalue weighted by atomic mass is 10.1. The summed E-state index contributed by atoms with van der Waals surface area (Å²) in [5, 5.41) is 3.53. The third kappa shape index (κ3) is 6.99. The minimum atomic E-state index is 0.742. The molecule has 0 radical (unpaired) electrons. The monoisotopic (exact) mass is 243 g/mol. The number of rotatable bonds is 8. The van der Waals surface area contributed by atoms with Gasteiger partial charge in [-0.15, -0.1) is 0 Å². The van der Waals surface area contributed by atoms with Gasteiger partial charge in [0.2, 0.25) is 0 Å². The molecule has 0 aromatic rings. The van der Waals surface area contributed by atoms with Gasteiger partial charge in [-0.05, 0) is 46.6 Å². The van der Waals surface area contributed by atoms with E-state index in [2.05, 4.69) is 36.1 Å². The molecule has 1 aliphatic rings. The summed E-state index contributed by atoms with van der Waals surface area (Å²) < 4.78 is 5.62. The fourth-order valence-electron chi connectivity index (χ4n) is 2.19. The Morgan fingerprint density at radius 1 is 1.24 bits per heavy atom. The molecule has 1 fully saturated rings. The predicted octanol–water partition coefficient (Wildman–Crippen LogP) is 0.639. The van der Waals surface area contributed by atoms with Crippen molar-refractivity contribution >= 4 is 0 Å². The van der Waals surface area contributed by atoms with Gasteiger partial charge in [0.15, 0.2) is 0 Å². The Labute approximate surface area is 106 Å². The molecule has 102 valence electrons. The number of likely N-dealkylation sites (N-methyl/N-ethyl adjacent to an activating group) is 1. The fraction of sp³-hybridized carbons (Fsp3) is 1.00. The van der Waals surface area contributed by atoms with Crippen LogP contribution in [0.1, 0.15) is 19.8 Å². The normalized spacial score (nSPS) is 19.1. The van der Waals surface area contributed by atoms with E-state index in [1.165, 1.54) is 25.9 Å². The van der Waals surface area contributed by atoms with Crippen molar-refractivity contribution in [1.29, 1.82) is 0 Å². The van der Waals surface area contributed by atoms with Crippen molar-refractivity contribution in [3.63, 3.8) is 0 Å². The Balaban J connectivity index is 1.95. The second kappa shape index (κ2) is 8.86. The van der Waals surface area contributed by atoms with Gasteiger partial charge in [-0.25, -0.2) is 0 Å². The quantitative estimate of drug-likeness (QED) is 0.633. The Kier molecular flexibility index (Phi) is 7.77. The lowest BCUT2D eigenvalue weighted by Gasteiger charge is -2.32. The summed E-state index contributed by atoms with van der Waals surface area (Å²) in [7, 11) is 4.16. The second-order valence-electron chi connectivity index (χ2n) is 5.09. The molecule has 0 aliphatic carbocycles. The molecule has 0 amide bonds. The minimum absolute atomic E-state index is 0.742. The molecule has 1 saturated heterocycles. The van der Waals surface area contributed by atoms with E-state index < -0.39 is 0 Å². The Morgan fingerprint density at radius 3 is 2.53 bits per heavy atom. The molecule has 0 saturated carbocycles. The minimum Gasteiger partial charge on any atom is -0.379 e. The summed E-state index contributed by atoms with van der Waals surface area (Å²) in [4.78, 5) is 4.67. The van der Waals surface area contributed by atoms with Crippen LogP contribution >= 0.6 is 0 Å². The molecule has 0 atom stereocenters. The van der Waals surface area contributed by atoms with Crippen LogP contribution in [-0.2, 0) is 4.74 Å². The summed E-state index contributed by atoms with van der Waals surface area (Å²) in [5.41, 5.74) is 0. The highest BCUT2D eigenvalue weighted by atomic mass is 16.5. The smallest absolute Gasteiger partial charge is 0.0594 e. The van der Waals surface area contributed by atoms with Gasteiger partial charge in [-0.1, -0.05) is 6.92 Å². The summed E-state index contributed by atoms with van der Waals surface area (Å²) in [6.07, 6.45) is 2.57. The van der Waals surface area contributed by atoms with Crippen molar-refractivity contribution in [1.82, 2.24) is 15.1 Å². The summed E-state index contributed by atoms with van der Waals surface area (Å²) in [6.45, 7) is 9.54. The topological polar surface area (TPSA) is 27.7 Å². The van der Waals surface area contributed by atoms with Crippen molar-refractivity contribution in [3.05, 3.63) is 0 Å². The first-order chi connectivity index (χ1) is 8.22. The second-order valence-corrected chi connectivity index (χ2v) is 5.09. The van der Waals surface area contributed by atoms with Crippen molar-refractivity contribution in [3.8, 4) is 0 Å². The third-order valence-corrected chi connectivity index (χ3v) is 3.32. The highest BCUT2D eigenvalue weighted by Crippen LogP contribution is 2.09. The Bertz CT molecular complexity index is 180.